The van der Waals surface area contributed by atoms with Crippen molar-refractivity contribution in [1.29, 1.82) is 0 Å². The van der Waals surface area contributed by atoms with Crippen molar-refractivity contribution >= 4 is 22.8 Å². The number of benzene rings is 1. The molecule has 7 heteroatoms. The second-order valence-corrected chi connectivity index (χ2v) is 5.67. The summed E-state index contributed by atoms with van der Waals surface area (Å²) in [7, 11) is 0. The Hall–Kier alpha value is -2.28. The van der Waals surface area contributed by atoms with Gasteiger partial charge in [-0.05, 0) is 31.4 Å². The molecule has 1 atom stereocenters. The quantitative estimate of drug-likeness (QED) is 0.885. The van der Waals surface area contributed by atoms with Gasteiger partial charge in [-0.25, -0.2) is 9.59 Å². The lowest BCUT2D eigenvalue weighted by Crippen LogP contribution is -2.34. The molecule has 1 aliphatic heterocycles. The van der Waals surface area contributed by atoms with Crippen LogP contribution in [-0.2, 0) is 11.3 Å². The van der Waals surface area contributed by atoms with Gasteiger partial charge >= 0.3 is 11.8 Å². The van der Waals surface area contributed by atoms with E-state index in [1.807, 2.05) is 6.92 Å². The van der Waals surface area contributed by atoms with Gasteiger partial charge in [-0.3, -0.25) is 4.57 Å². The maximum atomic E-state index is 11.9. The Labute approximate surface area is 133 Å². The van der Waals surface area contributed by atoms with Crippen LogP contribution >= 0.6 is 0 Å². The summed E-state index contributed by atoms with van der Waals surface area (Å²) in [4.78, 5) is 23.7. The summed E-state index contributed by atoms with van der Waals surface area (Å²) in [5.41, 5.74) is 1.79. The molecule has 1 aliphatic rings. The molecule has 2 aromatic rings. The standard InChI is InChI=1S/C16H21N3O4/c1-2-7-19-13-6-5-11(9-14(13)23-16(19)21)18-15(20)17-10-12-4-3-8-22-12/h5-6,9,12H,2-4,7-8,10H2,1H3,(H2,17,18,20). The summed E-state index contributed by atoms with van der Waals surface area (Å²) >= 11 is 0. The van der Waals surface area contributed by atoms with Gasteiger partial charge in [0.05, 0.1) is 11.6 Å². The molecule has 1 fully saturated rings. The number of nitrogens with one attached hydrogen (secondary N) is 2. The fourth-order valence-electron chi connectivity index (χ4n) is 2.77. The summed E-state index contributed by atoms with van der Waals surface area (Å²) in [6.07, 6.45) is 2.96. The zero-order valence-electron chi connectivity index (χ0n) is 13.1. The normalized spacial score (nSPS) is 17.5. The Morgan fingerprint density at radius 2 is 2.30 bits per heavy atom. The van der Waals surface area contributed by atoms with Gasteiger partial charge in [0.15, 0.2) is 5.58 Å². The van der Waals surface area contributed by atoms with E-state index < -0.39 is 0 Å². The fourth-order valence-corrected chi connectivity index (χ4v) is 2.77. The molecule has 0 bridgehead atoms. The minimum Gasteiger partial charge on any atom is -0.408 e. The van der Waals surface area contributed by atoms with Crippen LogP contribution in [0.3, 0.4) is 0 Å². The van der Waals surface area contributed by atoms with Crippen molar-refractivity contribution in [2.45, 2.75) is 38.8 Å². The second-order valence-electron chi connectivity index (χ2n) is 5.67. The van der Waals surface area contributed by atoms with Crippen LogP contribution in [0.25, 0.3) is 11.1 Å². The van der Waals surface area contributed by atoms with E-state index >= 15 is 0 Å². The minimum atomic E-state index is -0.373. The average molecular weight is 319 g/mol. The highest BCUT2D eigenvalue weighted by Crippen LogP contribution is 2.18. The molecule has 0 saturated carbocycles. The number of oxazole rings is 1. The van der Waals surface area contributed by atoms with Gasteiger partial charge < -0.3 is 19.8 Å². The first-order chi connectivity index (χ1) is 11.2. The zero-order valence-corrected chi connectivity index (χ0v) is 13.1. The van der Waals surface area contributed by atoms with Crippen molar-refractivity contribution in [3.05, 3.63) is 28.7 Å². The minimum absolute atomic E-state index is 0.101. The van der Waals surface area contributed by atoms with Crippen LogP contribution in [0, 0.1) is 0 Å². The fraction of sp³-hybridized carbons (Fsp3) is 0.500. The highest BCUT2D eigenvalue weighted by Gasteiger charge is 2.16. The molecule has 23 heavy (non-hydrogen) atoms. The average Bonchev–Trinajstić information content (AvgIpc) is 3.14. The van der Waals surface area contributed by atoms with E-state index in [1.54, 1.807) is 22.8 Å². The first-order valence-corrected chi connectivity index (χ1v) is 7.97. The molecule has 0 spiro atoms. The first-order valence-electron chi connectivity index (χ1n) is 7.97. The summed E-state index contributed by atoms with van der Waals surface area (Å²) < 4.78 is 12.3. The van der Waals surface area contributed by atoms with Crippen LogP contribution in [-0.4, -0.2) is 29.9 Å². The number of hydrogen-bond donors (Lipinski definition) is 2. The van der Waals surface area contributed by atoms with Gasteiger partial charge in [-0.1, -0.05) is 6.92 Å². The monoisotopic (exact) mass is 319 g/mol. The summed E-state index contributed by atoms with van der Waals surface area (Å²) in [6.45, 7) is 3.87. The highest BCUT2D eigenvalue weighted by atomic mass is 16.5. The van der Waals surface area contributed by atoms with Crippen molar-refractivity contribution in [3.63, 3.8) is 0 Å². The lowest BCUT2D eigenvalue weighted by Gasteiger charge is -2.11. The Morgan fingerprint density at radius 3 is 3.04 bits per heavy atom. The number of nitrogens with zero attached hydrogens (tertiary/aromatic N) is 1. The number of urea groups is 1. The third-order valence-corrected chi connectivity index (χ3v) is 3.89. The number of aromatic nitrogens is 1. The van der Waals surface area contributed by atoms with Crippen LogP contribution in [0.15, 0.2) is 27.4 Å². The molecule has 3 rings (SSSR count). The highest BCUT2D eigenvalue weighted by molar-refractivity contribution is 5.91. The van der Waals surface area contributed by atoms with E-state index in [0.29, 0.717) is 24.4 Å². The number of ether oxygens (including phenoxy) is 1. The molecule has 1 aromatic carbocycles. The molecule has 0 radical (unpaired) electrons. The molecule has 1 saturated heterocycles. The molecular weight excluding hydrogens is 298 g/mol. The van der Waals surface area contributed by atoms with Crippen LogP contribution in [0.4, 0.5) is 10.5 Å². The number of amides is 2. The largest absolute Gasteiger partial charge is 0.419 e. The zero-order chi connectivity index (χ0) is 16.2. The lowest BCUT2D eigenvalue weighted by molar-refractivity contribution is 0.112. The Kier molecular flexibility index (Phi) is 4.66. The summed E-state index contributed by atoms with van der Waals surface area (Å²) in [6, 6.07) is 4.91. The number of fused-ring (bicyclic) bond motifs is 1. The molecule has 7 nitrogen and oxygen atoms in total. The second kappa shape index (κ2) is 6.87. The molecule has 0 aliphatic carbocycles. The molecule has 2 N–H and O–H groups in total. The number of anilines is 1. The maximum Gasteiger partial charge on any atom is 0.419 e. The van der Waals surface area contributed by atoms with Crippen LogP contribution in [0.2, 0.25) is 0 Å². The molecule has 2 heterocycles. The van der Waals surface area contributed by atoms with Gasteiger partial charge in [0.1, 0.15) is 0 Å². The molecular formula is C16H21N3O4. The maximum absolute atomic E-state index is 11.9. The van der Waals surface area contributed by atoms with E-state index in [1.165, 1.54) is 0 Å². The van der Waals surface area contributed by atoms with Crippen molar-refractivity contribution in [2.24, 2.45) is 0 Å². The molecule has 2 amide bonds. The molecule has 124 valence electrons. The summed E-state index contributed by atoms with van der Waals surface area (Å²) in [5.74, 6) is -0.373. The van der Waals surface area contributed by atoms with Gasteiger partial charge in [-0.15, -0.1) is 0 Å². The van der Waals surface area contributed by atoms with Crippen molar-refractivity contribution in [3.8, 4) is 0 Å². The Bertz CT molecular complexity index is 743. The van der Waals surface area contributed by atoms with Crippen molar-refractivity contribution < 1.29 is 13.9 Å². The van der Waals surface area contributed by atoms with E-state index in [9.17, 15) is 9.59 Å². The number of carbonyl (C=O) groups excluding carboxylic acids is 1. The first kappa shape index (κ1) is 15.6. The number of carbonyl (C=O) groups is 1. The van der Waals surface area contributed by atoms with E-state index in [4.69, 9.17) is 9.15 Å². The SMILES string of the molecule is CCCn1c(=O)oc2cc(NC(=O)NCC3CCCO3)ccc21. The van der Waals surface area contributed by atoms with Gasteiger partial charge in [0.25, 0.3) is 0 Å². The third kappa shape index (κ3) is 3.56. The van der Waals surface area contributed by atoms with E-state index in [0.717, 1.165) is 31.4 Å². The van der Waals surface area contributed by atoms with Crippen LogP contribution in [0.1, 0.15) is 26.2 Å². The predicted molar refractivity (Wildman–Crippen MR) is 86.8 cm³/mol. The van der Waals surface area contributed by atoms with Crippen LogP contribution in [0.5, 0.6) is 0 Å². The molecule has 1 aromatic heterocycles. The number of hydrogen-bond acceptors (Lipinski definition) is 4. The molecule has 1 unspecified atom stereocenters. The van der Waals surface area contributed by atoms with Crippen molar-refractivity contribution in [2.75, 3.05) is 18.5 Å². The topological polar surface area (TPSA) is 85.5 Å². The van der Waals surface area contributed by atoms with Gasteiger partial charge in [-0.2, -0.15) is 0 Å². The van der Waals surface area contributed by atoms with E-state index in [2.05, 4.69) is 10.6 Å². The predicted octanol–water partition coefficient (Wildman–Crippen LogP) is 2.30. The smallest absolute Gasteiger partial charge is 0.408 e. The third-order valence-electron chi connectivity index (χ3n) is 3.89. The van der Waals surface area contributed by atoms with Crippen molar-refractivity contribution in [1.82, 2.24) is 9.88 Å². The Balaban J connectivity index is 1.65. The van der Waals surface area contributed by atoms with Gasteiger partial charge in [0.2, 0.25) is 0 Å². The van der Waals surface area contributed by atoms with E-state index in [-0.39, 0.29) is 17.9 Å². The van der Waals surface area contributed by atoms with Crippen LogP contribution < -0.4 is 16.4 Å². The Morgan fingerprint density at radius 1 is 1.43 bits per heavy atom. The lowest BCUT2D eigenvalue weighted by atomic mass is 10.2. The van der Waals surface area contributed by atoms with Gasteiger partial charge in [0, 0.05) is 31.5 Å². The summed E-state index contributed by atoms with van der Waals surface area (Å²) in [5, 5.41) is 5.53. The number of aryl methyl sites for hydroxylation is 1. The number of rotatable bonds is 5.